The van der Waals surface area contributed by atoms with Crippen molar-refractivity contribution in [3.63, 3.8) is 0 Å². The van der Waals surface area contributed by atoms with E-state index in [2.05, 4.69) is 15.8 Å². The van der Waals surface area contributed by atoms with Crippen molar-refractivity contribution in [2.45, 2.75) is 52.0 Å². The van der Waals surface area contributed by atoms with E-state index in [0.29, 0.717) is 17.0 Å². The van der Waals surface area contributed by atoms with Gasteiger partial charge in [0, 0.05) is 6.04 Å². The Balaban J connectivity index is 1.49. The quantitative estimate of drug-likeness (QED) is 0.373. The molecule has 1 aliphatic carbocycles. The summed E-state index contributed by atoms with van der Waals surface area (Å²) < 4.78 is 31.3. The van der Waals surface area contributed by atoms with Gasteiger partial charge in [-0.15, -0.1) is 0 Å². The van der Waals surface area contributed by atoms with Crippen LogP contribution in [0.3, 0.4) is 0 Å². The molecule has 0 heterocycles. The molecule has 0 aromatic heterocycles. The molecular formula is C26H34N4O5S. The van der Waals surface area contributed by atoms with Gasteiger partial charge in [0.05, 0.1) is 18.2 Å². The van der Waals surface area contributed by atoms with E-state index in [1.807, 2.05) is 19.1 Å². The van der Waals surface area contributed by atoms with Crippen LogP contribution in [0.4, 0.5) is 5.69 Å². The third-order valence-electron chi connectivity index (χ3n) is 5.94. The summed E-state index contributed by atoms with van der Waals surface area (Å²) in [7, 11) is -3.68. The summed E-state index contributed by atoms with van der Waals surface area (Å²) in [6.07, 6.45) is 8.08. The van der Waals surface area contributed by atoms with Crippen molar-refractivity contribution >= 4 is 33.7 Å². The minimum absolute atomic E-state index is 0.0444. The highest BCUT2D eigenvalue weighted by atomic mass is 32.2. The fraction of sp³-hybridized carbons (Fsp3) is 0.423. The van der Waals surface area contributed by atoms with Crippen LogP contribution in [0.5, 0.6) is 5.75 Å². The number of carbonyl (C=O) groups is 2. The van der Waals surface area contributed by atoms with E-state index < -0.39 is 22.5 Å². The summed E-state index contributed by atoms with van der Waals surface area (Å²) in [5.74, 6) is -0.145. The molecule has 0 unspecified atom stereocenters. The average molecular weight is 515 g/mol. The molecule has 3 rings (SSSR count). The highest BCUT2D eigenvalue weighted by Crippen LogP contribution is 2.23. The van der Waals surface area contributed by atoms with Gasteiger partial charge in [-0.1, -0.05) is 31.4 Å². The second kappa shape index (κ2) is 12.5. The Morgan fingerprint density at radius 2 is 1.75 bits per heavy atom. The lowest BCUT2D eigenvalue weighted by molar-refractivity contribution is -0.124. The third kappa shape index (κ3) is 8.37. The van der Waals surface area contributed by atoms with E-state index in [1.54, 1.807) is 37.3 Å². The molecular weight excluding hydrogens is 480 g/mol. The van der Waals surface area contributed by atoms with E-state index in [9.17, 15) is 18.0 Å². The molecule has 2 N–H and O–H groups in total. The average Bonchev–Trinajstić information content (AvgIpc) is 2.84. The van der Waals surface area contributed by atoms with Crippen LogP contribution in [-0.2, 0) is 19.6 Å². The molecule has 0 aliphatic heterocycles. The Labute approximate surface area is 213 Å². The molecule has 1 fully saturated rings. The predicted octanol–water partition coefficient (Wildman–Crippen LogP) is 3.05. The molecule has 0 atom stereocenters. The normalized spacial score (nSPS) is 14.4. The molecule has 0 saturated heterocycles. The summed E-state index contributed by atoms with van der Waals surface area (Å²) in [6, 6.07) is 12.6. The first-order valence-electron chi connectivity index (χ1n) is 12.0. The molecule has 0 bridgehead atoms. The number of carbonyl (C=O) groups excluding carboxylic acids is 2. The summed E-state index contributed by atoms with van der Waals surface area (Å²) in [4.78, 5) is 24.5. The van der Waals surface area contributed by atoms with Gasteiger partial charge in [0.2, 0.25) is 10.0 Å². The van der Waals surface area contributed by atoms with Crippen LogP contribution in [0.1, 0.15) is 48.8 Å². The first-order chi connectivity index (χ1) is 17.1. The molecule has 2 aromatic carbocycles. The van der Waals surface area contributed by atoms with Gasteiger partial charge in [-0.3, -0.25) is 13.9 Å². The highest BCUT2D eigenvalue weighted by molar-refractivity contribution is 7.92. The SMILES string of the molecule is Cc1ccc(C)c(N(CC(=O)N/N=C\c2ccc(OCC(=O)NC3CCCCC3)cc2)S(C)(=O)=O)c1. The van der Waals surface area contributed by atoms with Crippen LogP contribution in [0.2, 0.25) is 0 Å². The van der Waals surface area contributed by atoms with Crippen molar-refractivity contribution in [2.75, 3.05) is 23.7 Å². The van der Waals surface area contributed by atoms with Crippen LogP contribution >= 0.6 is 0 Å². The number of nitrogens with zero attached hydrogens (tertiary/aromatic N) is 2. The van der Waals surface area contributed by atoms with E-state index in [4.69, 9.17) is 4.74 Å². The number of amides is 2. The second-order valence-electron chi connectivity index (χ2n) is 9.11. The van der Waals surface area contributed by atoms with Crippen molar-refractivity contribution in [3.8, 4) is 5.75 Å². The van der Waals surface area contributed by atoms with Crippen molar-refractivity contribution in [1.29, 1.82) is 0 Å². The molecule has 2 amide bonds. The van der Waals surface area contributed by atoms with Gasteiger partial charge in [-0.2, -0.15) is 5.10 Å². The number of nitrogens with one attached hydrogen (secondary N) is 2. The number of hydrazone groups is 1. The maximum atomic E-state index is 12.4. The smallest absolute Gasteiger partial charge is 0.260 e. The van der Waals surface area contributed by atoms with Crippen molar-refractivity contribution in [1.82, 2.24) is 10.7 Å². The first-order valence-corrected chi connectivity index (χ1v) is 13.9. The van der Waals surface area contributed by atoms with Gasteiger partial charge in [-0.05, 0) is 73.7 Å². The highest BCUT2D eigenvalue weighted by Gasteiger charge is 2.22. The zero-order chi connectivity index (χ0) is 26.1. The van der Waals surface area contributed by atoms with Gasteiger partial charge in [0.1, 0.15) is 12.3 Å². The van der Waals surface area contributed by atoms with Gasteiger partial charge < -0.3 is 10.1 Å². The Morgan fingerprint density at radius 1 is 1.06 bits per heavy atom. The number of ether oxygens (including phenoxy) is 1. The van der Waals surface area contributed by atoms with Crippen molar-refractivity contribution in [3.05, 3.63) is 59.2 Å². The van der Waals surface area contributed by atoms with Crippen molar-refractivity contribution < 1.29 is 22.7 Å². The third-order valence-corrected chi connectivity index (χ3v) is 7.07. The maximum Gasteiger partial charge on any atom is 0.260 e. The Kier molecular flexibility index (Phi) is 9.46. The predicted molar refractivity (Wildman–Crippen MR) is 141 cm³/mol. The monoisotopic (exact) mass is 514 g/mol. The number of sulfonamides is 1. The molecule has 9 nitrogen and oxygen atoms in total. The lowest BCUT2D eigenvalue weighted by atomic mass is 9.95. The van der Waals surface area contributed by atoms with Crippen molar-refractivity contribution in [2.24, 2.45) is 5.10 Å². The van der Waals surface area contributed by atoms with Gasteiger partial charge in [-0.25, -0.2) is 13.8 Å². The number of rotatable bonds is 10. The minimum atomic E-state index is -3.68. The standard InChI is InChI=1S/C26H34N4O5S/c1-19-9-10-20(2)24(15-19)30(36(3,33)34)17-25(31)29-27-16-21-11-13-23(14-12-21)35-18-26(32)28-22-7-5-4-6-8-22/h9-16,22H,4-8,17-18H2,1-3H3,(H,28,32)(H,29,31)/b27-16-. The molecule has 0 radical (unpaired) electrons. The molecule has 10 heteroatoms. The summed E-state index contributed by atoms with van der Waals surface area (Å²) in [5.41, 5.74) is 5.16. The number of aryl methyl sites for hydroxylation is 2. The number of hydrogen-bond donors (Lipinski definition) is 2. The van der Waals surface area contributed by atoms with Crippen LogP contribution in [0.15, 0.2) is 47.6 Å². The van der Waals surface area contributed by atoms with Gasteiger partial charge in [0.15, 0.2) is 6.61 Å². The molecule has 2 aromatic rings. The van der Waals surface area contributed by atoms with E-state index in [0.717, 1.165) is 47.4 Å². The Bertz CT molecular complexity index is 1190. The molecule has 0 spiro atoms. The molecule has 1 saturated carbocycles. The second-order valence-corrected chi connectivity index (χ2v) is 11.0. The largest absolute Gasteiger partial charge is 0.484 e. The zero-order valence-electron chi connectivity index (χ0n) is 21.0. The summed E-state index contributed by atoms with van der Waals surface area (Å²) >= 11 is 0. The number of hydrogen-bond acceptors (Lipinski definition) is 6. The maximum absolute atomic E-state index is 12.4. The zero-order valence-corrected chi connectivity index (χ0v) is 21.8. The topological polar surface area (TPSA) is 117 Å². The van der Waals surface area contributed by atoms with E-state index >= 15 is 0 Å². The lowest BCUT2D eigenvalue weighted by Crippen LogP contribution is -2.39. The van der Waals surface area contributed by atoms with Crippen LogP contribution in [0.25, 0.3) is 0 Å². The van der Waals surface area contributed by atoms with Crippen LogP contribution in [0, 0.1) is 13.8 Å². The number of anilines is 1. The first kappa shape index (κ1) is 27.2. The fourth-order valence-corrected chi connectivity index (χ4v) is 4.93. The van der Waals surface area contributed by atoms with Crippen LogP contribution < -0.4 is 19.8 Å². The Hall–Kier alpha value is -3.40. The molecule has 36 heavy (non-hydrogen) atoms. The van der Waals surface area contributed by atoms with Gasteiger partial charge in [0.25, 0.3) is 11.8 Å². The van der Waals surface area contributed by atoms with E-state index in [-0.39, 0.29) is 18.6 Å². The number of benzene rings is 2. The van der Waals surface area contributed by atoms with E-state index in [1.165, 1.54) is 12.6 Å². The summed E-state index contributed by atoms with van der Waals surface area (Å²) in [5, 5.41) is 6.94. The van der Waals surface area contributed by atoms with Gasteiger partial charge >= 0.3 is 0 Å². The lowest BCUT2D eigenvalue weighted by Gasteiger charge is -2.23. The Morgan fingerprint density at radius 3 is 2.42 bits per heavy atom. The fourth-order valence-electron chi connectivity index (χ4n) is 4.03. The molecule has 1 aliphatic rings. The van der Waals surface area contributed by atoms with Crippen LogP contribution in [-0.4, -0.2) is 51.9 Å². The summed E-state index contributed by atoms with van der Waals surface area (Å²) in [6.45, 7) is 3.21. The minimum Gasteiger partial charge on any atom is -0.484 e. The molecule has 194 valence electrons.